The minimum atomic E-state index is -3.98. The third-order valence-corrected chi connectivity index (χ3v) is 6.23. The molecule has 0 fully saturated rings. The van der Waals surface area contributed by atoms with Crippen LogP contribution in [0.15, 0.2) is 48.5 Å². The molecule has 0 saturated heterocycles. The molecule has 0 radical (unpaired) electrons. The molecule has 1 heterocycles. The van der Waals surface area contributed by atoms with Crippen LogP contribution in [0.4, 0.5) is 0 Å². The molecule has 0 aliphatic carbocycles. The second-order valence-electron chi connectivity index (χ2n) is 7.85. The Morgan fingerprint density at radius 3 is 1.83 bits per heavy atom. The largest absolute Gasteiger partial charge is 0.647 e. The zero-order valence-electron chi connectivity index (χ0n) is 17.4. The number of rotatable bonds is 2. The lowest BCUT2D eigenvalue weighted by Gasteiger charge is -2.27. The van der Waals surface area contributed by atoms with E-state index < -0.39 is 7.82 Å². The van der Waals surface area contributed by atoms with Crippen LogP contribution in [-0.2, 0) is 11.0 Å². The highest BCUT2D eigenvalue weighted by atomic mass is 31.2. The molecule has 0 spiro atoms. The zero-order chi connectivity index (χ0) is 20.8. The van der Waals surface area contributed by atoms with Crippen molar-refractivity contribution in [2.24, 2.45) is 0 Å². The minimum absolute atomic E-state index is 0.450. The van der Waals surface area contributed by atoms with E-state index in [1.165, 1.54) is 0 Å². The van der Waals surface area contributed by atoms with E-state index in [9.17, 15) is 4.57 Å². The van der Waals surface area contributed by atoms with Crippen molar-refractivity contribution in [2.45, 2.75) is 41.0 Å². The summed E-state index contributed by atoms with van der Waals surface area (Å²) in [6, 6.07) is 15.6. The lowest BCUT2D eigenvalue weighted by Crippen LogP contribution is -2.14. The molecule has 0 unspecified atom stereocenters. The Balaban J connectivity index is 1.89. The first-order chi connectivity index (χ1) is 13.7. The quantitative estimate of drug-likeness (QED) is 0.439. The fraction of sp³-hybridized carbons (Fsp3) is 0.250. The maximum Gasteiger partial charge on any atom is 0.647 e. The maximum atomic E-state index is 13.8. The van der Waals surface area contributed by atoms with Gasteiger partial charge in [0.2, 0.25) is 0 Å². The van der Waals surface area contributed by atoms with Crippen LogP contribution in [-0.4, -0.2) is 0 Å². The van der Waals surface area contributed by atoms with Gasteiger partial charge in [0.05, 0.1) is 0 Å². The molecule has 5 heteroatoms. The molecule has 3 aromatic rings. The minimum Gasteiger partial charge on any atom is -0.386 e. The fourth-order valence-corrected chi connectivity index (χ4v) is 5.35. The van der Waals surface area contributed by atoms with Gasteiger partial charge in [-0.05, 0) is 74.6 Å². The van der Waals surface area contributed by atoms with Gasteiger partial charge in [0.15, 0.2) is 0 Å². The van der Waals surface area contributed by atoms with Crippen molar-refractivity contribution in [1.29, 1.82) is 0 Å². The molecule has 0 amide bonds. The van der Waals surface area contributed by atoms with E-state index in [4.69, 9.17) is 13.6 Å². The molecule has 4 rings (SSSR count). The van der Waals surface area contributed by atoms with Gasteiger partial charge < -0.3 is 13.6 Å². The van der Waals surface area contributed by atoms with Gasteiger partial charge in [-0.2, -0.15) is 4.57 Å². The number of phosphoric ester groups is 1. The molecule has 0 saturated carbocycles. The summed E-state index contributed by atoms with van der Waals surface area (Å²) in [5.41, 5.74) is 7.03. The van der Waals surface area contributed by atoms with Crippen molar-refractivity contribution in [1.82, 2.24) is 0 Å². The SMILES string of the molecule is Cc1cccc(OP2(=O)Oc3c(C)cc(C)cc3Cc3cc(C)cc(C)c3O2)c1. The Kier molecular flexibility index (Phi) is 4.92. The highest BCUT2D eigenvalue weighted by molar-refractivity contribution is 7.49. The topological polar surface area (TPSA) is 44.8 Å². The Bertz CT molecular complexity index is 1090. The summed E-state index contributed by atoms with van der Waals surface area (Å²) in [7, 11) is -3.98. The molecule has 0 N–H and O–H groups in total. The van der Waals surface area contributed by atoms with Crippen molar-refractivity contribution >= 4 is 7.82 Å². The number of hydrogen-bond acceptors (Lipinski definition) is 4. The molecular weight excluding hydrogens is 383 g/mol. The molecule has 29 heavy (non-hydrogen) atoms. The number of hydrogen-bond donors (Lipinski definition) is 0. The lowest BCUT2D eigenvalue weighted by atomic mass is 9.96. The summed E-state index contributed by atoms with van der Waals surface area (Å²) < 4.78 is 31.7. The summed E-state index contributed by atoms with van der Waals surface area (Å²) in [5.74, 6) is 1.58. The molecule has 0 bridgehead atoms. The first-order valence-electron chi connectivity index (χ1n) is 9.68. The van der Waals surface area contributed by atoms with E-state index in [1.54, 1.807) is 6.07 Å². The molecular formula is C24H25O4P. The maximum absolute atomic E-state index is 13.8. The van der Waals surface area contributed by atoms with Crippen molar-refractivity contribution in [3.8, 4) is 17.2 Å². The van der Waals surface area contributed by atoms with Gasteiger partial charge in [0.1, 0.15) is 17.2 Å². The second kappa shape index (κ2) is 7.27. The third-order valence-electron chi connectivity index (χ3n) is 4.99. The highest BCUT2D eigenvalue weighted by Gasteiger charge is 2.37. The van der Waals surface area contributed by atoms with E-state index >= 15 is 0 Å². The van der Waals surface area contributed by atoms with E-state index in [2.05, 4.69) is 12.1 Å². The Morgan fingerprint density at radius 2 is 1.31 bits per heavy atom. The van der Waals surface area contributed by atoms with Gasteiger partial charge in [0.25, 0.3) is 0 Å². The summed E-state index contributed by atoms with van der Waals surface area (Å²) >= 11 is 0. The molecule has 0 aromatic heterocycles. The molecule has 4 nitrogen and oxygen atoms in total. The van der Waals surface area contributed by atoms with Gasteiger partial charge in [-0.3, -0.25) is 0 Å². The average Bonchev–Trinajstić information content (AvgIpc) is 2.60. The Morgan fingerprint density at radius 1 is 0.759 bits per heavy atom. The van der Waals surface area contributed by atoms with Crippen LogP contribution in [0, 0.1) is 34.6 Å². The van der Waals surface area contributed by atoms with Gasteiger partial charge in [-0.25, -0.2) is 0 Å². The van der Waals surface area contributed by atoms with E-state index in [1.807, 2.05) is 65.0 Å². The summed E-state index contributed by atoms with van der Waals surface area (Å²) in [5, 5.41) is 0. The van der Waals surface area contributed by atoms with Crippen molar-refractivity contribution in [3.63, 3.8) is 0 Å². The van der Waals surface area contributed by atoms with Gasteiger partial charge in [0, 0.05) is 6.42 Å². The standard InChI is InChI=1S/C24H25O4P/c1-15-7-6-8-22(13-15)26-29(25)27-23-18(4)9-16(2)11-20(23)14-21-12-17(3)10-19(5)24(21)28-29/h6-13H,14H2,1-5H3. The predicted octanol–water partition coefficient (Wildman–Crippen LogP) is 6.78. The van der Waals surface area contributed by atoms with Crippen molar-refractivity contribution in [3.05, 3.63) is 87.5 Å². The van der Waals surface area contributed by atoms with Crippen LogP contribution in [0.2, 0.25) is 0 Å². The van der Waals surface area contributed by atoms with Gasteiger partial charge in [-0.1, -0.05) is 47.5 Å². The van der Waals surface area contributed by atoms with Crippen LogP contribution in [0.1, 0.15) is 38.9 Å². The van der Waals surface area contributed by atoms with E-state index in [0.717, 1.165) is 38.9 Å². The smallest absolute Gasteiger partial charge is 0.386 e. The Hall–Kier alpha value is -2.71. The molecule has 1 aliphatic rings. The number of phosphoric acid groups is 1. The lowest BCUT2D eigenvalue weighted by molar-refractivity contribution is 0.293. The van der Waals surface area contributed by atoms with Crippen LogP contribution >= 0.6 is 7.82 Å². The number of aryl methyl sites for hydroxylation is 5. The van der Waals surface area contributed by atoms with Crippen molar-refractivity contribution < 1.29 is 18.1 Å². The summed E-state index contributed by atoms with van der Waals surface area (Å²) in [6.45, 7) is 9.95. The van der Waals surface area contributed by atoms with Crippen LogP contribution < -0.4 is 13.6 Å². The van der Waals surface area contributed by atoms with Crippen molar-refractivity contribution in [2.75, 3.05) is 0 Å². The second-order valence-corrected chi connectivity index (χ2v) is 9.30. The van der Waals surface area contributed by atoms with Crippen LogP contribution in [0.5, 0.6) is 17.2 Å². The van der Waals surface area contributed by atoms with E-state index in [-0.39, 0.29) is 0 Å². The molecule has 1 aliphatic heterocycles. The molecule has 0 atom stereocenters. The molecule has 150 valence electrons. The average molecular weight is 408 g/mol. The summed E-state index contributed by atoms with van der Waals surface area (Å²) in [6.07, 6.45) is 0.639. The normalized spacial score (nSPS) is 14.5. The molecule has 3 aromatic carbocycles. The third kappa shape index (κ3) is 4.04. The zero-order valence-corrected chi connectivity index (χ0v) is 18.3. The predicted molar refractivity (Wildman–Crippen MR) is 115 cm³/mol. The fourth-order valence-electron chi connectivity index (χ4n) is 3.89. The van der Waals surface area contributed by atoms with Gasteiger partial charge in [-0.15, -0.1) is 0 Å². The summed E-state index contributed by atoms with van der Waals surface area (Å²) in [4.78, 5) is 0. The van der Waals surface area contributed by atoms with E-state index in [0.29, 0.717) is 23.7 Å². The monoisotopic (exact) mass is 408 g/mol. The first-order valence-corrected chi connectivity index (χ1v) is 11.1. The number of benzene rings is 3. The van der Waals surface area contributed by atoms with Crippen LogP contribution in [0.25, 0.3) is 0 Å². The highest BCUT2D eigenvalue weighted by Crippen LogP contribution is 2.54. The Labute approximate surface area is 172 Å². The number of fused-ring (bicyclic) bond motifs is 2. The van der Waals surface area contributed by atoms with Gasteiger partial charge >= 0.3 is 7.82 Å². The van der Waals surface area contributed by atoms with Crippen LogP contribution in [0.3, 0.4) is 0 Å². The first kappa shape index (κ1) is 19.6.